The maximum absolute atomic E-state index is 12.2. The van der Waals surface area contributed by atoms with Gasteiger partial charge in [0.15, 0.2) is 5.71 Å². The van der Waals surface area contributed by atoms with E-state index in [0.29, 0.717) is 24.8 Å². The van der Waals surface area contributed by atoms with Crippen molar-refractivity contribution in [3.63, 3.8) is 0 Å². The summed E-state index contributed by atoms with van der Waals surface area (Å²) in [4.78, 5) is 13.5. The molecule has 8 heteroatoms. The third-order valence-electron chi connectivity index (χ3n) is 10.3. The summed E-state index contributed by atoms with van der Waals surface area (Å²) in [6.07, 6.45) is 11.8. The highest BCUT2D eigenvalue weighted by Crippen LogP contribution is 2.51. The minimum absolute atomic E-state index is 0.104. The lowest BCUT2D eigenvalue weighted by atomic mass is 9.79. The lowest BCUT2D eigenvalue weighted by Gasteiger charge is -2.26. The first kappa shape index (κ1) is 34.3. The normalized spacial score (nSPS) is 17.7. The van der Waals surface area contributed by atoms with Gasteiger partial charge in [0.1, 0.15) is 11.4 Å². The number of aryl methyl sites for hydroxylation is 1. The van der Waals surface area contributed by atoms with Crippen LogP contribution in [0.2, 0.25) is 0 Å². The van der Waals surface area contributed by atoms with Crippen molar-refractivity contribution in [3.05, 3.63) is 113 Å². The van der Waals surface area contributed by atoms with E-state index in [4.69, 9.17) is 0 Å². The van der Waals surface area contributed by atoms with Crippen molar-refractivity contribution in [1.29, 1.82) is 0 Å². The van der Waals surface area contributed by atoms with Crippen molar-refractivity contribution in [1.82, 2.24) is 0 Å². The molecule has 0 amide bonds. The molecule has 0 aliphatic carbocycles. The molecule has 6 rings (SSSR count). The van der Waals surface area contributed by atoms with E-state index in [0.717, 1.165) is 28.9 Å². The Morgan fingerprint density at radius 2 is 1.53 bits per heavy atom. The van der Waals surface area contributed by atoms with Crippen molar-refractivity contribution in [3.8, 4) is 0 Å². The Morgan fingerprint density at radius 3 is 2.22 bits per heavy atom. The van der Waals surface area contributed by atoms with Gasteiger partial charge in [0, 0.05) is 59.3 Å². The summed E-state index contributed by atoms with van der Waals surface area (Å²) in [6.45, 7) is 14.7. The fourth-order valence-electron chi connectivity index (χ4n) is 8.08. The number of fused-ring (bicyclic) bond motifs is 6. The van der Waals surface area contributed by atoms with Crippen molar-refractivity contribution in [2.45, 2.75) is 76.5 Å². The molecule has 0 atom stereocenters. The van der Waals surface area contributed by atoms with Crippen LogP contribution in [0.3, 0.4) is 0 Å². The number of rotatable bonds is 10. The van der Waals surface area contributed by atoms with Crippen LogP contribution < -0.4 is 4.90 Å². The van der Waals surface area contributed by atoms with Crippen LogP contribution in [0.15, 0.2) is 102 Å². The number of unbranched alkanes of at least 4 members (excludes halogenated alkanes) is 1. The quantitative estimate of drug-likeness (QED) is 0.0753. The molecular formula is C41H45N2O5S+. The zero-order valence-electron chi connectivity index (χ0n) is 29.1. The van der Waals surface area contributed by atoms with Crippen LogP contribution in [-0.4, -0.2) is 47.4 Å². The molecule has 0 saturated carbocycles. The lowest BCUT2D eigenvalue weighted by molar-refractivity contribution is -0.438. The topological polar surface area (TPSA) is 97.9 Å². The standard InChI is InChI=1S/C41H44N2O5S/c1-7-42-32-24-22-28-27(2)15-13-16-30(28)38(32)40(3,4)35(42)19-9-8-10-20-36-41(5,6)39-31-17-14-18-34(49(46,47)48)29(31)23-25-33(39)43(36)26-12-11-21-37(44)45/h8-10,13-20,22-25H,7,11-12,21,26H2,1-6H3,(H-,44,45,46,47,48)/p+1. The fraction of sp³-hybridized carbons (Fsp3) is 0.317. The molecule has 2 aliphatic heterocycles. The van der Waals surface area contributed by atoms with Crippen LogP contribution in [0, 0.1) is 6.92 Å². The number of likely N-dealkylation sites (N-methyl/N-ethyl adjacent to an activating group) is 1. The third kappa shape index (κ3) is 5.91. The Morgan fingerprint density at radius 1 is 0.837 bits per heavy atom. The second-order valence-corrected chi connectivity index (χ2v) is 15.5. The van der Waals surface area contributed by atoms with Crippen LogP contribution in [0.4, 0.5) is 11.4 Å². The molecule has 2 heterocycles. The predicted molar refractivity (Wildman–Crippen MR) is 199 cm³/mol. The molecule has 0 bridgehead atoms. The summed E-state index contributed by atoms with van der Waals surface area (Å²) >= 11 is 0. The van der Waals surface area contributed by atoms with E-state index in [9.17, 15) is 22.9 Å². The molecule has 4 aromatic carbocycles. The van der Waals surface area contributed by atoms with Crippen LogP contribution in [0.1, 0.15) is 70.6 Å². The van der Waals surface area contributed by atoms with Crippen LogP contribution >= 0.6 is 0 Å². The molecule has 0 fully saturated rings. The number of carboxylic acids is 1. The zero-order chi connectivity index (χ0) is 35.3. The maximum atomic E-state index is 12.2. The van der Waals surface area contributed by atoms with E-state index in [-0.39, 0.29) is 16.7 Å². The third-order valence-corrected chi connectivity index (χ3v) is 11.2. The van der Waals surface area contributed by atoms with Gasteiger partial charge in [-0.15, -0.1) is 0 Å². The number of anilines is 1. The van der Waals surface area contributed by atoms with E-state index >= 15 is 0 Å². The molecule has 0 spiro atoms. The van der Waals surface area contributed by atoms with Gasteiger partial charge in [-0.25, -0.2) is 0 Å². The molecule has 49 heavy (non-hydrogen) atoms. The van der Waals surface area contributed by atoms with Crippen LogP contribution in [0.25, 0.3) is 21.5 Å². The Hall–Kier alpha value is -4.53. The van der Waals surface area contributed by atoms with Gasteiger partial charge in [-0.2, -0.15) is 13.0 Å². The number of nitrogens with zero attached hydrogens (tertiary/aromatic N) is 2. The average molecular weight is 678 g/mol. The molecule has 0 unspecified atom stereocenters. The van der Waals surface area contributed by atoms with Crippen molar-refractivity contribution < 1.29 is 27.4 Å². The summed E-state index contributed by atoms with van der Waals surface area (Å²) in [6, 6.07) is 19.7. The molecule has 2 aliphatic rings. The summed E-state index contributed by atoms with van der Waals surface area (Å²) in [5, 5.41) is 13.0. The van der Waals surface area contributed by atoms with Gasteiger partial charge >= 0.3 is 5.97 Å². The van der Waals surface area contributed by atoms with E-state index in [2.05, 4.69) is 99.6 Å². The number of allylic oxidation sites excluding steroid dienone is 6. The van der Waals surface area contributed by atoms with Crippen LogP contribution in [0.5, 0.6) is 0 Å². The number of aliphatic carboxylic acids is 1. The fourth-order valence-corrected chi connectivity index (χ4v) is 8.79. The highest BCUT2D eigenvalue weighted by molar-refractivity contribution is 7.86. The van der Waals surface area contributed by atoms with E-state index in [1.54, 1.807) is 12.1 Å². The number of carboxylic acid groups (broad SMARTS) is 1. The minimum atomic E-state index is -4.42. The number of hydrogen-bond acceptors (Lipinski definition) is 4. The average Bonchev–Trinajstić information content (AvgIpc) is 3.40. The first-order chi connectivity index (χ1) is 23.2. The highest BCUT2D eigenvalue weighted by atomic mass is 32.2. The van der Waals surface area contributed by atoms with Gasteiger partial charge < -0.3 is 10.0 Å². The predicted octanol–water partition coefficient (Wildman–Crippen LogP) is 8.99. The van der Waals surface area contributed by atoms with Crippen molar-refractivity contribution in [2.24, 2.45) is 0 Å². The van der Waals surface area contributed by atoms with Crippen molar-refractivity contribution in [2.75, 3.05) is 18.0 Å². The van der Waals surface area contributed by atoms with Gasteiger partial charge in [0.2, 0.25) is 5.69 Å². The second-order valence-electron chi connectivity index (χ2n) is 14.1. The molecule has 4 aromatic rings. The first-order valence-electron chi connectivity index (χ1n) is 17.0. The summed E-state index contributed by atoms with van der Waals surface area (Å²) in [7, 11) is -4.42. The largest absolute Gasteiger partial charge is 0.481 e. The molecular weight excluding hydrogens is 633 g/mol. The first-order valence-corrected chi connectivity index (χ1v) is 18.4. The Labute approximate surface area is 289 Å². The molecule has 7 nitrogen and oxygen atoms in total. The van der Waals surface area contributed by atoms with Gasteiger partial charge in [-0.3, -0.25) is 9.35 Å². The maximum Gasteiger partial charge on any atom is 0.303 e. The number of benzene rings is 4. The number of hydrogen-bond donors (Lipinski definition) is 2. The van der Waals surface area contributed by atoms with E-state index < -0.39 is 21.5 Å². The molecule has 0 radical (unpaired) electrons. The molecule has 2 N–H and O–H groups in total. The van der Waals surface area contributed by atoms with Gasteiger partial charge in [-0.1, -0.05) is 68.5 Å². The Bertz CT molecular complexity index is 2240. The summed E-state index contributed by atoms with van der Waals surface area (Å²) in [5.41, 5.74) is 7.40. The summed E-state index contributed by atoms with van der Waals surface area (Å²) < 4.78 is 36.7. The van der Waals surface area contributed by atoms with Gasteiger partial charge in [0.05, 0.1) is 5.41 Å². The van der Waals surface area contributed by atoms with E-state index in [1.807, 2.05) is 24.3 Å². The lowest BCUT2D eigenvalue weighted by Crippen LogP contribution is -2.28. The smallest absolute Gasteiger partial charge is 0.303 e. The molecule has 254 valence electrons. The van der Waals surface area contributed by atoms with Crippen molar-refractivity contribution >= 4 is 54.7 Å². The monoisotopic (exact) mass is 677 g/mol. The summed E-state index contributed by atoms with van der Waals surface area (Å²) in [5.74, 6) is -0.812. The molecule has 0 saturated heterocycles. The van der Waals surface area contributed by atoms with E-state index in [1.165, 1.54) is 39.4 Å². The van der Waals surface area contributed by atoms with Crippen LogP contribution in [-0.2, 0) is 25.7 Å². The van der Waals surface area contributed by atoms with Gasteiger partial charge in [-0.05, 0) is 85.7 Å². The van der Waals surface area contributed by atoms with Gasteiger partial charge in [0.25, 0.3) is 10.1 Å². The zero-order valence-corrected chi connectivity index (χ0v) is 29.9. The number of carbonyl (C=O) groups is 1. The second kappa shape index (κ2) is 12.7. The highest BCUT2D eigenvalue weighted by Gasteiger charge is 2.46. The SMILES string of the molecule is CCN1C(=CC=CC=CC2=[N+](CCCCC(=O)O)c3ccc4c(S(=O)(=O)O)cccc4c3C2(C)C)C(C)(C)c2c1ccc1c(C)cccc21. The Kier molecular flexibility index (Phi) is 8.92. The minimum Gasteiger partial charge on any atom is -0.481 e. The Balaban J connectivity index is 1.37. The molecule has 0 aromatic heterocycles.